The van der Waals surface area contributed by atoms with Crippen LogP contribution in [0.15, 0.2) is 12.1 Å². The van der Waals surface area contributed by atoms with Gasteiger partial charge in [0.25, 0.3) is 5.91 Å². The SMILES string of the molecule is Cl.O=C(c1ccc(F)c(F)c1F)N1CCCC(N2CCNCC2=O)C1. The average molecular weight is 378 g/mol. The van der Waals surface area contributed by atoms with Gasteiger partial charge in [-0.05, 0) is 25.0 Å². The third-order valence-electron chi connectivity index (χ3n) is 4.52. The van der Waals surface area contributed by atoms with Crippen molar-refractivity contribution >= 4 is 24.2 Å². The van der Waals surface area contributed by atoms with Crippen molar-refractivity contribution in [3.05, 3.63) is 35.1 Å². The summed E-state index contributed by atoms with van der Waals surface area (Å²) in [6, 6.07) is 1.56. The van der Waals surface area contributed by atoms with Gasteiger partial charge in [-0.3, -0.25) is 9.59 Å². The Morgan fingerprint density at radius 1 is 1.16 bits per heavy atom. The van der Waals surface area contributed by atoms with Gasteiger partial charge in [0.05, 0.1) is 12.1 Å². The Bertz CT molecular complexity index is 674. The largest absolute Gasteiger partial charge is 0.336 e. The van der Waals surface area contributed by atoms with Crippen LogP contribution in [0.1, 0.15) is 23.2 Å². The molecule has 2 heterocycles. The number of benzene rings is 1. The fourth-order valence-corrected chi connectivity index (χ4v) is 3.26. The first-order valence-electron chi connectivity index (χ1n) is 7.92. The fourth-order valence-electron chi connectivity index (χ4n) is 3.26. The lowest BCUT2D eigenvalue weighted by Gasteiger charge is -2.41. The van der Waals surface area contributed by atoms with Crippen molar-refractivity contribution in [2.45, 2.75) is 18.9 Å². The number of carbonyl (C=O) groups excluding carboxylic acids is 2. The van der Waals surface area contributed by atoms with Crippen LogP contribution in [-0.4, -0.2) is 60.4 Å². The minimum Gasteiger partial charge on any atom is -0.336 e. The Hall–Kier alpha value is -1.80. The van der Waals surface area contributed by atoms with Crippen LogP contribution in [0, 0.1) is 17.5 Å². The normalized spacial score (nSPS) is 21.1. The van der Waals surface area contributed by atoms with Crippen molar-refractivity contribution in [1.29, 1.82) is 0 Å². The smallest absolute Gasteiger partial charge is 0.257 e. The molecule has 0 saturated carbocycles. The van der Waals surface area contributed by atoms with E-state index in [0.29, 0.717) is 26.1 Å². The minimum absolute atomic E-state index is 0. The van der Waals surface area contributed by atoms with Crippen molar-refractivity contribution in [3.8, 4) is 0 Å². The van der Waals surface area contributed by atoms with E-state index in [1.165, 1.54) is 4.90 Å². The molecule has 1 aromatic carbocycles. The van der Waals surface area contributed by atoms with Gasteiger partial charge >= 0.3 is 0 Å². The number of halogens is 4. The molecule has 1 aromatic rings. The molecule has 0 aromatic heterocycles. The third-order valence-corrected chi connectivity index (χ3v) is 4.52. The van der Waals surface area contributed by atoms with Gasteiger partial charge in [-0.1, -0.05) is 0 Å². The highest BCUT2D eigenvalue weighted by molar-refractivity contribution is 5.94. The lowest BCUT2D eigenvalue weighted by Crippen LogP contribution is -2.57. The van der Waals surface area contributed by atoms with Crippen LogP contribution in [0.3, 0.4) is 0 Å². The Kier molecular flexibility index (Phi) is 6.29. The van der Waals surface area contributed by atoms with E-state index in [4.69, 9.17) is 0 Å². The quantitative estimate of drug-likeness (QED) is 0.796. The predicted octanol–water partition coefficient (Wildman–Crippen LogP) is 1.56. The third kappa shape index (κ3) is 3.90. The summed E-state index contributed by atoms with van der Waals surface area (Å²) in [5.41, 5.74) is -0.485. The zero-order chi connectivity index (χ0) is 17.3. The summed E-state index contributed by atoms with van der Waals surface area (Å²) in [4.78, 5) is 27.6. The molecule has 0 spiro atoms. The van der Waals surface area contributed by atoms with Crippen molar-refractivity contribution < 1.29 is 22.8 Å². The number of nitrogens with zero attached hydrogens (tertiary/aromatic N) is 2. The molecule has 3 rings (SSSR count). The summed E-state index contributed by atoms with van der Waals surface area (Å²) in [7, 11) is 0. The number of rotatable bonds is 2. The highest BCUT2D eigenvalue weighted by Crippen LogP contribution is 2.22. The van der Waals surface area contributed by atoms with Gasteiger partial charge in [-0.15, -0.1) is 12.4 Å². The topological polar surface area (TPSA) is 52.7 Å². The Morgan fingerprint density at radius 3 is 2.64 bits per heavy atom. The Balaban J connectivity index is 0.00000225. The molecule has 0 aliphatic carbocycles. The molecule has 5 nitrogen and oxygen atoms in total. The van der Waals surface area contributed by atoms with E-state index in [1.807, 2.05) is 0 Å². The van der Waals surface area contributed by atoms with Crippen molar-refractivity contribution in [2.75, 3.05) is 32.7 Å². The number of likely N-dealkylation sites (tertiary alicyclic amines) is 1. The molecular formula is C16H19ClF3N3O2. The first-order chi connectivity index (χ1) is 11.5. The monoisotopic (exact) mass is 377 g/mol. The zero-order valence-corrected chi connectivity index (χ0v) is 14.3. The van der Waals surface area contributed by atoms with E-state index in [2.05, 4.69) is 5.32 Å². The maximum absolute atomic E-state index is 13.8. The second kappa shape index (κ2) is 8.05. The van der Waals surface area contributed by atoms with E-state index < -0.39 is 28.9 Å². The van der Waals surface area contributed by atoms with Crippen LogP contribution in [0.4, 0.5) is 13.2 Å². The van der Waals surface area contributed by atoms with Crippen molar-refractivity contribution in [1.82, 2.24) is 15.1 Å². The summed E-state index contributed by atoms with van der Waals surface area (Å²) < 4.78 is 40.2. The minimum atomic E-state index is -1.65. The van der Waals surface area contributed by atoms with E-state index in [9.17, 15) is 22.8 Å². The molecular weight excluding hydrogens is 359 g/mol. The van der Waals surface area contributed by atoms with Crippen molar-refractivity contribution in [2.24, 2.45) is 0 Å². The van der Waals surface area contributed by atoms with E-state index in [-0.39, 0.29) is 37.4 Å². The second-order valence-electron chi connectivity index (χ2n) is 6.03. The average Bonchev–Trinajstić information content (AvgIpc) is 2.60. The first-order valence-corrected chi connectivity index (χ1v) is 7.92. The molecule has 2 aliphatic rings. The number of hydrogen-bond acceptors (Lipinski definition) is 3. The molecule has 0 bridgehead atoms. The number of amides is 2. The summed E-state index contributed by atoms with van der Waals surface area (Å²) in [5, 5.41) is 2.98. The molecule has 1 atom stereocenters. The van der Waals surface area contributed by atoms with Gasteiger partial charge < -0.3 is 15.1 Å². The highest BCUT2D eigenvalue weighted by atomic mass is 35.5. The lowest BCUT2D eigenvalue weighted by atomic mass is 10.0. The van der Waals surface area contributed by atoms with Gasteiger partial charge in [0, 0.05) is 32.2 Å². The Labute approximate surface area is 149 Å². The van der Waals surface area contributed by atoms with Crippen LogP contribution in [0.5, 0.6) is 0 Å². The Morgan fingerprint density at radius 2 is 1.92 bits per heavy atom. The highest BCUT2D eigenvalue weighted by Gasteiger charge is 2.33. The van der Waals surface area contributed by atoms with E-state index in [0.717, 1.165) is 18.6 Å². The summed E-state index contributed by atoms with van der Waals surface area (Å²) in [6.07, 6.45) is 1.43. The summed E-state index contributed by atoms with van der Waals surface area (Å²) in [5.74, 6) is -5.16. The van der Waals surface area contributed by atoms with Crippen LogP contribution in [-0.2, 0) is 4.79 Å². The van der Waals surface area contributed by atoms with Crippen LogP contribution in [0.25, 0.3) is 0 Å². The molecule has 1 unspecified atom stereocenters. The van der Waals surface area contributed by atoms with Crippen molar-refractivity contribution in [3.63, 3.8) is 0 Å². The number of piperazine rings is 1. The van der Waals surface area contributed by atoms with Gasteiger partial charge in [0.2, 0.25) is 5.91 Å². The number of hydrogen-bond donors (Lipinski definition) is 1. The maximum atomic E-state index is 13.8. The first kappa shape index (κ1) is 19.5. The molecule has 9 heteroatoms. The fraction of sp³-hybridized carbons (Fsp3) is 0.500. The van der Waals surface area contributed by atoms with Gasteiger partial charge in [-0.25, -0.2) is 13.2 Å². The van der Waals surface area contributed by atoms with E-state index in [1.54, 1.807) is 4.90 Å². The molecule has 2 aliphatic heterocycles. The lowest BCUT2D eigenvalue weighted by molar-refractivity contribution is -0.135. The summed E-state index contributed by atoms with van der Waals surface area (Å²) in [6.45, 7) is 2.18. The van der Waals surface area contributed by atoms with Crippen LogP contribution < -0.4 is 5.32 Å². The summed E-state index contributed by atoms with van der Waals surface area (Å²) >= 11 is 0. The van der Waals surface area contributed by atoms with Gasteiger partial charge in [0.15, 0.2) is 17.5 Å². The number of piperidine rings is 1. The molecule has 0 radical (unpaired) electrons. The molecule has 2 saturated heterocycles. The van der Waals surface area contributed by atoms with Gasteiger partial charge in [0.1, 0.15) is 0 Å². The molecule has 138 valence electrons. The van der Waals surface area contributed by atoms with Crippen LogP contribution in [0.2, 0.25) is 0 Å². The predicted molar refractivity (Wildman–Crippen MR) is 87.1 cm³/mol. The van der Waals surface area contributed by atoms with Gasteiger partial charge in [-0.2, -0.15) is 0 Å². The molecule has 25 heavy (non-hydrogen) atoms. The van der Waals surface area contributed by atoms with Crippen LogP contribution >= 0.6 is 12.4 Å². The zero-order valence-electron chi connectivity index (χ0n) is 13.4. The molecule has 1 N–H and O–H groups in total. The standard InChI is InChI=1S/C16H18F3N3O2.ClH/c17-12-4-3-11(14(18)15(12)19)16(24)21-6-1-2-10(9-21)22-7-5-20-8-13(22)23;/h3-4,10,20H,1-2,5-9H2;1H. The number of carbonyl (C=O) groups is 2. The van der Waals surface area contributed by atoms with E-state index >= 15 is 0 Å². The molecule has 2 fully saturated rings. The molecule has 2 amide bonds. The second-order valence-corrected chi connectivity index (χ2v) is 6.03. The maximum Gasteiger partial charge on any atom is 0.257 e. The number of nitrogens with one attached hydrogen (secondary N) is 1.